The van der Waals surface area contributed by atoms with Gasteiger partial charge in [0, 0.05) is 6.54 Å². The zero-order valence-electron chi connectivity index (χ0n) is 11.0. The molecule has 1 amide bonds. The topological polar surface area (TPSA) is 80.0 Å². The molecule has 0 aromatic carbocycles. The van der Waals surface area contributed by atoms with Crippen LogP contribution < -0.4 is 16.6 Å². The number of pyridine rings is 1. The van der Waals surface area contributed by atoms with E-state index in [4.69, 9.17) is 17.4 Å². The molecule has 0 aliphatic heterocycles. The van der Waals surface area contributed by atoms with Crippen LogP contribution in [0.5, 0.6) is 0 Å². The quantitative estimate of drug-likeness (QED) is 0.585. The van der Waals surface area contributed by atoms with Gasteiger partial charge in [-0.1, -0.05) is 31.4 Å². The summed E-state index contributed by atoms with van der Waals surface area (Å²) in [5, 5.41) is 3.25. The van der Waals surface area contributed by atoms with Crippen molar-refractivity contribution in [3.05, 3.63) is 22.8 Å². The highest BCUT2D eigenvalue weighted by Gasteiger charge is 2.29. The maximum absolute atomic E-state index is 12.1. The number of halogens is 1. The van der Waals surface area contributed by atoms with Crippen LogP contribution in [-0.2, 0) is 0 Å². The van der Waals surface area contributed by atoms with Crippen molar-refractivity contribution < 1.29 is 4.79 Å². The lowest BCUT2D eigenvalue weighted by molar-refractivity contribution is 0.0929. The Morgan fingerprint density at radius 2 is 2.16 bits per heavy atom. The summed E-state index contributed by atoms with van der Waals surface area (Å²) in [6.07, 6.45) is 4.77. The molecule has 0 saturated heterocycles. The third kappa shape index (κ3) is 3.36. The van der Waals surface area contributed by atoms with Crippen LogP contribution in [0.15, 0.2) is 12.1 Å². The Morgan fingerprint density at radius 3 is 2.79 bits per heavy atom. The van der Waals surface area contributed by atoms with E-state index in [1.165, 1.54) is 12.8 Å². The van der Waals surface area contributed by atoms with Gasteiger partial charge in [-0.3, -0.25) is 4.79 Å². The molecule has 1 saturated carbocycles. The molecule has 1 aromatic heterocycles. The maximum atomic E-state index is 12.1. The molecule has 19 heavy (non-hydrogen) atoms. The van der Waals surface area contributed by atoms with Crippen LogP contribution in [0.1, 0.15) is 43.1 Å². The first-order chi connectivity index (χ1) is 9.04. The molecule has 6 heteroatoms. The standard InChI is InChI=1S/C13H19ClN4O/c1-13(6-2-3-7-13)8-16-12(19)11-9(14)4-5-10(17-11)18-15/h4-5H,2-3,6-8,15H2,1H3,(H,16,19)(H,17,18). The van der Waals surface area contributed by atoms with Crippen LogP contribution >= 0.6 is 11.6 Å². The highest BCUT2D eigenvalue weighted by molar-refractivity contribution is 6.33. The van der Waals surface area contributed by atoms with Crippen molar-refractivity contribution in [2.24, 2.45) is 11.3 Å². The van der Waals surface area contributed by atoms with E-state index >= 15 is 0 Å². The fourth-order valence-corrected chi connectivity index (χ4v) is 2.66. The number of amides is 1. The first kappa shape index (κ1) is 14.1. The van der Waals surface area contributed by atoms with E-state index in [2.05, 4.69) is 22.7 Å². The SMILES string of the molecule is CC1(CNC(=O)c2nc(NN)ccc2Cl)CCCC1. The van der Waals surface area contributed by atoms with Gasteiger partial charge in [0.05, 0.1) is 5.02 Å². The Balaban J connectivity index is 2.03. The number of hydrogen-bond donors (Lipinski definition) is 3. The number of hydrogen-bond acceptors (Lipinski definition) is 4. The predicted octanol–water partition coefficient (Wildman–Crippen LogP) is 2.33. The maximum Gasteiger partial charge on any atom is 0.271 e. The Kier molecular flexibility index (Phi) is 4.27. The van der Waals surface area contributed by atoms with Crippen molar-refractivity contribution in [2.75, 3.05) is 12.0 Å². The van der Waals surface area contributed by atoms with Gasteiger partial charge >= 0.3 is 0 Å². The van der Waals surface area contributed by atoms with Gasteiger partial charge < -0.3 is 10.7 Å². The van der Waals surface area contributed by atoms with Crippen LogP contribution in [-0.4, -0.2) is 17.4 Å². The molecular weight excluding hydrogens is 264 g/mol. The van der Waals surface area contributed by atoms with Crippen molar-refractivity contribution >= 4 is 23.3 Å². The van der Waals surface area contributed by atoms with Gasteiger partial charge in [0.25, 0.3) is 5.91 Å². The van der Waals surface area contributed by atoms with Crippen LogP contribution in [0, 0.1) is 5.41 Å². The predicted molar refractivity (Wildman–Crippen MR) is 76.0 cm³/mol. The van der Waals surface area contributed by atoms with Gasteiger partial charge in [-0.15, -0.1) is 0 Å². The largest absolute Gasteiger partial charge is 0.350 e. The normalized spacial score (nSPS) is 17.2. The van der Waals surface area contributed by atoms with Gasteiger partial charge in [-0.25, -0.2) is 10.8 Å². The smallest absolute Gasteiger partial charge is 0.271 e. The third-order valence-electron chi connectivity index (χ3n) is 3.70. The summed E-state index contributed by atoms with van der Waals surface area (Å²) in [6, 6.07) is 3.23. The molecule has 4 N–H and O–H groups in total. The third-order valence-corrected chi connectivity index (χ3v) is 4.00. The molecule has 0 spiro atoms. The summed E-state index contributed by atoms with van der Waals surface area (Å²) in [6.45, 7) is 2.86. The van der Waals surface area contributed by atoms with Crippen LogP contribution in [0.3, 0.4) is 0 Å². The number of nitrogen functional groups attached to an aromatic ring is 1. The highest BCUT2D eigenvalue weighted by atomic mass is 35.5. The number of hydrazine groups is 1. The fourth-order valence-electron chi connectivity index (χ4n) is 2.46. The first-order valence-electron chi connectivity index (χ1n) is 6.45. The van der Waals surface area contributed by atoms with Crippen LogP contribution in [0.25, 0.3) is 0 Å². The zero-order chi connectivity index (χ0) is 13.9. The number of carbonyl (C=O) groups excluding carboxylic acids is 1. The van der Waals surface area contributed by atoms with Gasteiger partial charge in [0.15, 0.2) is 0 Å². The van der Waals surface area contributed by atoms with E-state index in [-0.39, 0.29) is 17.0 Å². The molecule has 1 aliphatic rings. The number of carbonyl (C=O) groups is 1. The minimum absolute atomic E-state index is 0.200. The molecule has 0 atom stereocenters. The second kappa shape index (κ2) is 5.75. The highest BCUT2D eigenvalue weighted by Crippen LogP contribution is 2.36. The average Bonchev–Trinajstić information content (AvgIpc) is 2.84. The summed E-state index contributed by atoms with van der Waals surface area (Å²) in [5.41, 5.74) is 2.81. The Bertz CT molecular complexity index is 472. The first-order valence-corrected chi connectivity index (χ1v) is 6.83. The molecule has 1 fully saturated rings. The number of nitrogens with one attached hydrogen (secondary N) is 2. The lowest BCUT2D eigenvalue weighted by Gasteiger charge is -2.23. The number of anilines is 1. The number of rotatable bonds is 4. The van der Waals surface area contributed by atoms with E-state index in [0.29, 0.717) is 17.4 Å². The molecule has 5 nitrogen and oxygen atoms in total. The molecule has 1 heterocycles. The van der Waals surface area contributed by atoms with E-state index < -0.39 is 0 Å². The van der Waals surface area contributed by atoms with Crippen molar-refractivity contribution in [3.63, 3.8) is 0 Å². The van der Waals surface area contributed by atoms with Crippen molar-refractivity contribution in [2.45, 2.75) is 32.6 Å². The van der Waals surface area contributed by atoms with Crippen molar-refractivity contribution in [1.29, 1.82) is 0 Å². The molecule has 1 aliphatic carbocycles. The summed E-state index contributed by atoms with van der Waals surface area (Å²) in [4.78, 5) is 16.2. The van der Waals surface area contributed by atoms with Crippen LogP contribution in [0.2, 0.25) is 5.02 Å². The Hall–Kier alpha value is -1.33. The molecule has 0 radical (unpaired) electrons. The van der Waals surface area contributed by atoms with Gasteiger partial charge in [0.1, 0.15) is 11.5 Å². The van der Waals surface area contributed by atoms with Gasteiger partial charge in [-0.2, -0.15) is 0 Å². The minimum Gasteiger partial charge on any atom is -0.350 e. The zero-order valence-corrected chi connectivity index (χ0v) is 11.8. The molecule has 0 unspecified atom stereocenters. The Labute approximate surface area is 117 Å². The monoisotopic (exact) mass is 282 g/mol. The summed E-state index contributed by atoms with van der Waals surface area (Å²) >= 11 is 5.99. The number of aromatic nitrogens is 1. The molecule has 0 bridgehead atoms. The van der Waals surface area contributed by atoms with Crippen molar-refractivity contribution in [1.82, 2.24) is 10.3 Å². The average molecular weight is 283 g/mol. The second-order valence-electron chi connectivity index (χ2n) is 5.37. The minimum atomic E-state index is -0.254. The second-order valence-corrected chi connectivity index (χ2v) is 5.78. The lowest BCUT2D eigenvalue weighted by atomic mass is 9.89. The van der Waals surface area contributed by atoms with E-state index in [0.717, 1.165) is 12.8 Å². The van der Waals surface area contributed by atoms with Gasteiger partial charge in [-0.05, 0) is 30.4 Å². The van der Waals surface area contributed by atoms with Crippen LogP contribution in [0.4, 0.5) is 5.82 Å². The van der Waals surface area contributed by atoms with Crippen molar-refractivity contribution in [3.8, 4) is 0 Å². The number of nitrogens with two attached hydrogens (primary N) is 1. The Morgan fingerprint density at radius 1 is 1.47 bits per heavy atom. The lowest BCUT2D eigenvalue weighted by Crippen LogP contribution is -2.34. The molecule has 104 valence electrons. The van der Waals surface area contributed by atoms with E-state index in [1.807, 2.05) is 0 Å². The van der Waals surface area contributed by atoms with Gasteiger partial charge in [0.2, 0.25) is 0 Å². The van der Waals surface area contributed by atoms with E-state index in [1.54, 1.807) is 12.1 Å². The summed E-state index contributed by atoms with van der Waals surface area (Å²) in [5.74, 6) is 5.44. The molecule has 2 rings (SSSR count). The fraction of sp³-hybridized carbons (Fsp3) is 0.538. The summed E-state index contributed by atoms with van der Waals surface area (Å²) < 4.78 is 0. The molecular formula is C13H19ClN4O. The number of nitrogens with zero attached hydrogens (tertiary/aromatic N) is 1. The van der Waals surface area contributed by atoms with E-state index in [9.17, 15) is 4.79 Å². The summed E-state index contributed by atoms with van der Waals surface area (Å²) in [7, 11) is 0. The molecule has 1 aromatic rings.